The van der Waals surface area contributed by atoms with Crippen LogP contribution in [-0.2, 0) is 6.42 Å². The van der Waals surface area contributed by atoms with Gasteiger partial charge >= 0.3 is 0 Å². The monoisotopic (exact) mass is 361 g/mol. The number of aromatic nitrogens is 2. The second-order valence-electron chi connectivity index (χ2n) is 6.71. The Morgan fingerprint density at radius 2 is 1.89 bits per heavy atom. The number of benzene rings is 1. The average Bonchev–Trinajstić information content (AvgIpc) is 3.20. The Morgan fingerprint density at radius 3 is 2.70 bits per heavy atom. The molecule has 0 aliphatic carbocycles. The summed E-state index contributed by atoms with van der Waals surface area (Å²) in [6.45, 7) is 0.713. The number of hydrogen-bond donors (Lipinski definition) is 0. The van der Waals surface area contributed by atoms with Crippen LogP contribution in [0.25, 0.3) is 0 Å². The van der Waals surface area contributed by atoms with Crippen molar-refractivity contribution in [2.24, 2.45) is 0 Å². The van der Waals surface area contributed by atoms with Crippen LogP contribution < -0.4 is 0 Å². The molecule has 0 N–H and O–H groups in total. The van der Waals surface area contributed by atoms with Gasteiger partial charge in [0.2, 0.25) is 0 Å². The van der Waals surface area contributed by atoms with Gasteiger partial charge < -0.3 is 4.90 Å². The Labute approximate surface area is 157 Å². The summed E-state index contributed by atoms with van der Waals surface area (Å²) in [5.74, 6) is -0.221. The number of hydrogen-bond acceptors (Lipinski definition) is 3. The molecule has 136 valence electrons. The maximum atomic E-state index is 13.9. The molecule has 1 aromatic carbocycles. The van der Waals surface area contributed by atoms with Crippen molar-refractivity contribution < 1.29 is 9.18 Å². The maximum absolute atomic E-state index is 13.9. The van der Waals surface area contributed by atoms with Crippen molar-refractivity contribution in [3.05, 3.63) is 95.3 Å². The van der Waals surface area contributed by atoms with E-state index < -0.39 is 0 Å². The third-order valence-electron chi connectivity index (χ3n) is 4.94. The molecule has 3 heterocycles. The quantitative estimate of drug-likeness (QED) is 0.700. The van der Waals surface area contributed by atoms with Gasteiger partial charge in [0.1, 0.15) is 5.82 Å². The Kier molecular flexibility index (Phi) is 4.92. The highest BCUT2D eigenvalue weighted by molar-refractivity contribution is 5.94. The van der Waals surface area contributed by atoms with Gasteiger partial charge in [-0.1, -0.05) is 24.3 Å². The van der Waals surface area contributed by atoms with Gasteiger partial charge in [0.15, 0.2) is 0 Å². The third kappa shape index (κ3) is 3.72. The molecule has 1 aliphatic rings. The first-order valence-corrected chi connectivity index (χ1v) is 9.12. The van der Waals surface area contributed by atoms with Crippen molar-refractivity contribution in [1.82, 2.24) is 14.9 Å². The molecule has 0 spiro atoms. The van der Waals surface area contributed by atoms with Crippen LogP contribution in [0.15, 0.2) is 67.0 Å². The van der Waals surface area contributed by atoms with E-state index in [1.807, 2.05) is 29.2 Å². The molecule has 5 heteroatoms. The molecule has 3 aromatic rings. The van der Waals surface area contributed by atoms with Gasteiger partial charge in [-0.25, -0.2) is 4.39 Å². The van der Waals surface area contributed by atoms with Crippen LogP contribution in [0.2, 0.25) is 0 Å². The van der Waals surface area contributed by atoms with Gasteiger partial charge in [-0.2, -0.15) is 0 Å². The first-order chi connectivity index (χ1) is 13.2. The van der Waals surface area contributed by atoms with E-state index in [2.05, 4.69) is 4.98 Å². The summed E-state index contributed by atoms with van der Waals surface area (Å²) >= 11 is 0. The van der Waals surface area contributed by atoms with Crippen molar-refractivity contribution in [3.8, 4) is 0 Å². The summed E-state index contributed by atoms with van der Waals surface area (Å²) in [4.78, 5) is 23.5. The number of likely N-dealkylation sites (tertiary alicyclic amines) is 1. The zero-order chi connectivity index (χ0) is 18.6. The fraction of sp³-hybridized carbons (Fsp3) is 0.227. The fourth-order valence-corrected chi connectivity index (χ4v) is 3.60. The SMILES string of the molecule is O=C(c1ccncc1)N1CCC[C@@H]1c1cccc(Cc2ccccc2F)n1. The lowest BCUT2D eigenvalue weighted by Crippen LogP contribution is -2.31. The molecule has 27 heavy (non-hydrogen) atoms. The van der Waals surface area contributed by atoms with E-state index in [-0.39, 0.29) is 17.8 Å². The molecule has 4 nitrogen and oxygen atoms in total. The van der Waals surface area contributed by atoms with Gasteiger partial charge in [-0.15, -0.1) is 0 Å². The first kappa shape index (κ1) is 17.3. The second kappa shape index (κ2) is 7.66. The number of nitrogens with zero attached hydrogens (tertiary/aromatic N) is 3. The van der Waals surface area contributed by atoms with Gasteiger partial charge in [0.05, 0.1) is 11.7 Å². The summed E-state index contributed by atoms with van der Waals surface area (Å²) in [5.41, 5.74) is 2.93. The highest BCUT2D eigenvalue weighted by Crippen LogP contribution is 2.32. The topological polar surface area (TPSA) is 46.1 Å². The molecule has 0 bridgehead atoms. The van der Waals surface area contributed by atoms with Crippen LogP contribution in [0.1, 0.15) is 46.2 Å². The molecule has 2 aromatic heterocycles. The van der Waals surface area contributed by atoms with E-state index in [0.717, 1.165) is 24.2 Å². The van der Waals surface area contributed by atoms with Gasteiger partial charge in [-0.05, 0) is 48.7 Å². The number of carbonyl (C=O) groups excluding carboxylic acids is 1. The highest BCUT2D eigenvalue weighted by Gasteiger charge is 2.31. The molecular weight excluding hydrogens is 341 g/mol. The largest absolute Gasteiger partial charge is 0.330 e. The van der Waals surface area contributed by atoms with E-state index in [1.54, 1.807) is 36.7 Å². The summed E-state index contributed by atoms with van der Waals surface area (Å²) in [5, 5.41) is 0. The zero-order valence-electron chi connectivity index (χ0n) is 14.9. The van der Waals surface area contributed by atoms with Crippen LogP contribution in [-0.4, -0.2) is 27.3 Å². The van der Waals surface area contributed by atoms with Crippen molar-refractivity contribution in [2.75, 3.05) is 6.54 Å². The van der Waals surface area contributed by atoms with Gasteiger partial charge in [0.25, 0.3) is 5.91 Å². The minimum atomic E-state index is -0.222. The van der Waals surface area contributed by atoms with E-state index in [4.69, 9.17) is 4.98 Å². The Morgan fingerprint density at radius 1 is 1.07 bits per heavy atom. The third-order valence-corrected chi connectivity index (χ3v) is 4.94. The van der Waals surface area contributed by atoms with Gasteiger partial charge in [0, 0.05) is 36.6 Å². The molecule has 0 radical (unpaired) electrons. The summed E-state index contributed by atoms with van der Waals surface area (Å²) in [6.07, 6.45) is 5.52. The van der Waals surface area contributed by atoms with Crippen molar-refractivity contribution >= 4 is 5.91 Å². The lowest BCUT2D eigenvalue weighted by Gasteiger charge is -2.24. The molecule has 1 aliphatic heterocycles. The highest BCUT2D eigenvalue weighted by atomic mass is 19.1. The number of rotatable bonds is 4. The Hall–Kier alpha value is -3.08. The van der Waals surface area contributed by atoms with Crippen LogP contribution in [0.4, 0.5) is 4.39 Å². The molecule has 1 fully saturated rings. The summed E-state index contributed by atoms with van der Waals surface area (Å²) < 4.78 is 13.9. The van der Waals surface area contributed by atoms with Crippen molar-refractivity contribution in [1.29, 1.82) is 0 Å². The number of amides is 1. The van der Waals surface area contributed by atoms with Crippen LogP contribution in [0.5, 0.6) is 0 Å². The maximum Gasteiger partial charge on any atom is 0.254 e. The first-order valence-electron chi connectivity index (χ1n) is 9.12. The standard InChI is InChI=1S/C22H20FN3O/c23-19-7-2-1-5-17(19)15-18-6-3-8-20(25-18)21-9-4-14-26(21)22(27)16-10-12-24-13-11-16/h1-3,5-8,10-13,21H,4,9,14-15H2/t21-/m1/s1. The van der Waals surface area contributed by atoms with Crippen molar-refractivity contribution in [3.63, 3.8) is 0 Å². The molecule has 4 rings (SSSR count). The number of halogens is 1. The lowest BCUT2D eigenvalue weighted by molar-refractivity contribution is 0.0732. The zero-order valence-corrected chi connectivity index (χ0v) is 14.9. The lowest BCUT2D eigenvalue weighted by atomic mass is 10.1. The Balaban J connectivity index is 1.57. The van der Waals surface area contributed by atoms with Gasteiger partial charge in [-0.3, -0.25) is 14.8 Å². The van der Waals surface area contributed by atoms with E-state index in [9.17, 15) is 9.18 Å². The predicted molar refractivity (Wildman–Crippen MR) is 101 cm³/mol. The number of carbonyl (C=O) groups is 1. The smallest absolute Gasteiger partial charge is 0.254 e. The molecule has 1 atom stereocenters. The number of pyridine rings is 2. The minimum Gasteiger partial charge on any atom is -0.330 e. The molecule has 0 saturated carbocycles. The Bertz CT molecular complexity index is 945. The van der Waals surface area contributed by atoms with E-state index in [0.29, 0.717) is 24.1 Å². The second-order valence-corrected chi connectivity index (χ2v) is 6.71. The minimum absolute atomic E-state index is 0.00112. The van der Waals surface area contributed by atoms with E-state index >= 15 is 0 Å². The van der Waals surface area contributed by atoms with E-state index in [1.165, 1.54) is 6.07 Å². The normalized spacial score (nSPS) is 16.5. The molecule has 0 unspecified atom stereocenters. The predicted octanol–water partition coefficient (Wildman–Crippen LogP) is 4.18. The van der Waals surface area contributed by atoms with Crippen molar-refractivity contribution in [2.45, 2.75) is 25.3 Å². The summed E-state index contributed by atoms with van der Waals surface area (Å²) in [7, 11) is 0. The van der Waals surface area contributed by atoms with Crippen LogP contribution >= 0.6 is 0 Å². The molecule has 1 amide bonds. The fourth-order valence-electron chi connectivity index (χ4n) is 3.60. The van der Waals surface area contributed by atoms with Crippen LogP contribution in [0.3, 0.4) is 0 Å². The summed E-state index contributed by atoms with van der Waals surface area (Å²) in [6, 6.07) is 16.0. The average molecular weight is 361 g/mol. The van der Waals surface area contributed by atoms with Crippen LogP contribution in [0, 0.1) is 5.82 Å². The molecule has 1 saturated heterocycles. The molecular formula is C22H20FN3O.